The number of nitrogens with zero attached hydrogens (tertiary/aromatic N) is 2. The van der Waals surface area contributed by atoms with Crippen molar-refractivity contribution in [1.29, 1.82) is 5.41 Å². The summed E-state index contributed by atoms with van der Waals surface area (Å²) in [4.78, 5) is 22.4. The second-order valence-electron chi connectivity index (χ2n) is 3.27. The highest BCUT2D eigenvalue weighted by Gasteiger charge is 2.44. The maximum Gasteiger partial charge on any atom is 0.276 e. The van der Waals surface area contributed by atoms with E-state index in [2.05, 4.69) is 0 Å². The van der Waals surface area contributed by atoms with Crippen molar-refractivity contribution in [2.75, 3.05) is 6.54 Å². The van der Waals surface area contributed by atoms with Crippen molar-refractivity contribution >= 4 is 11.6 Å². The Labute approximate surface area is 75.2 Å². The number of nitrogens with one attached hydrogen (secondary N) is 1. The molecule has 0 spiro atoms. The van der Waals surface area contributed by atoms with Crippen LogP contribution in [0.25, 0.3) is 0 Å². The summed E-state index contributed by atoms with van der Waals surface area (Å²) < 4.78 is 0. The Morgan fingerprint density at radius 2 is 2.23 bits per heavy atom. The third kappa shape index (κ3) is 1.51. The van der Waals surface area contributed by atoms with Gasteiger partial charge in [0.15, 0.2) is 5.71 Å². The molecule has 1 aliphatic heterocycles. The second-order valence-corrected chi connectivity index (χ2v) is 3.27. The van der Waals surface area contributed by atoms with Crippen LogP contribution in [0.3, 0.4) is 0 Å². The molecule has 1 N–H and O–H groups in total. The highest BCUT2D eigenvalue weighted by Crippen LogP contribution is 2.13. The number of hydrogen-bond acceptors (Lipinski definition) is 4. The van der Waals surface area contributed by atoms with E-state index in [1.165, 1.54) is 4.90 Å². The predicted octanol–water partition coefficient (Wildman–Crippen LogP) is -0.0979. The van der Waals surface area contributed by atoms with Gasteiger partial charge in [0.25, 0.3) is 11.9 Å². The monoisotopic (exact) mass is 185 g/mol. The van der Waals surface area contributed by atoms with E-state index < -0.39 is 22.6 Å². The summed E-state index contributed by atoms with van der Waals surface area (Å²) in [7, 11) is 0. The quantitative estimate of drug-likeness (QED) is 0.481. The van der Waals surface area contributed by atoms with Gasteiger partial charge in [-0.1, -0.05) is 0 Å². The van der Waals surface area contributed by atoms with E-state index in [0.29, 0.717) is 0 Å². The van der Waals surface area contributed by atoms with E-state index in [1.54, 1.807) is 13.8 Å². The molecule has 0 radical (unpaired) electrons. The Kier molecular flexibility index (Phi) is 2.31. The van der Waals surface area contributed by atoms with Crippen LogP contribution >= 0.6 is 0 Å². The first kappa shape index (κ1) is 9.63. The largest absolute Gasteiger partial charge is 0.328 e. The van der Waals surface area contributed by atoms with Crippen LogP contribution in [-0.4, -0.2) is 40.1 Å². The van der Waals surface area contributed by atoms with Gasteiger partial charge in [-0.05, 0) is 13.8 Å². The molecule has 72 valence electrons. The van der Waals surface area contributed by atoms with Crippen LogP contribution in [0.1, 0.15) is 13.8 Å². The smallest absolute Gasteiger partial charge is 0.276 e. The number of carbonyl (C=O) groups excluding carboxylic acids is 1. The van der Waals surface area contributed by atoms with Crippen LogP contribution in [0, 0.1) is 15.5 Å². The van der Waals surface area contributed by atoms with Crippen molar-refractivity contribution in [3.05, 3.63) is 10.1 Å². The Balaban J connectivity index is 2.85. The molecule has 6 nitrogen and oxygen atoms in total. The molecule has 6 heteroatoms. The standard InChI is InChI=1S/C7H11N3O3/c1-4(2)9-3-5(10(12)13)6(8)7(9)11/h4-5,8H,3H2,1-2H3. The summed E-state index contributed by atoms with van der Waals surface area (Å²) in [6.45, 7) is 3.57. The number of rotatable bonds is 2. The molecule has 1 aliphatic rings. The van der Waals surface area contributed by atoms with Crippen LogP contribution in [-0.2, 0) is 4.79 Å². The fourth-order valence-corrected chi connectivity index (χ4v) is 1.28. The zero-order chi connectivity index (χ0) is 10.2. The number of amides is 1. The number of likely N-dealkylation sites (tertiary alicyclic amines) is 1. The summed E-state index contributed by atoms with van der Waals surface area (Å²) in [5.74, 6) is -0.517. The molecule has 1 atom stereocenters. The Morgan fingerprint density at radius 3 is 2.46 bits per heavy atom. The zero-order valence-corrected chi connectivity index (χ0v) is 7.48. The lowest BCUT2D eigenvalue weighted by Gasteiger charge is -2.18. The van der Waals surface area contributed by atoms with Crippen molar-refractivity contribution < 1.29 is 9.72 Å². The van der Waals surface area contributed by atoms with Crippen LogP contribution in [0.2, 0.25) is 0 Å². The van der Waals surface area contributed by atoms with Gasteiger partial charge in [-0.2, -0.15) is 0 Å². The van der Waals surface area contributed by atoms with Gasteiger partial charge in [0, 0.05) is 11.0 Å². The molecule has 0 saturated carbocycles. The van der Waals surface area contributed by atoms with Gasteiger partial charge in [-0.25, -0.2) is 0 Å². The van der Waals surface area contributed by atoms with Gasteiger partial charge >= 0.3 is 0 Å². The minimum absolute atomic E-state index is 0.0301. The van der Waals surface area contributed by atoms with E-state index in [1.807, 2.05) is 0 Å². The number of hydrogen-bond donors (Lipinski definition) is 1. The molecule has 13 heavy (non-hydrogen) atoms. The predicted molar refractivity (Wildman–Crippen MR) is 45.4 cm³/mol. The molecule has 1 rings (SSSR count). The van der Waals surface area contributed by atoms with Crippen molar-refractivity contribution in [2.24, 2.45) is 0 Å². The molecule has 0 bridgehead atoms. The Morgan fingerprint density at radius 1 is 1.69 bits per heavy atom. The lowest BCUT2D eigenvalue weighted by molar-refractivity contribution is -0.500. The molecule has 0 aromatic heterocycles. The van der Waals surface area contributed by atoms with Crippen molar-refractivity contribution in [1.82, 2.24) is 4.90 Å². The first-order valence-electron chi connectivity index (χ1n) is 3.98. The van der Waals surface area contributed by atoms with Gasteiger partial charge in [-0.3, -0.25) is 20.3 Å². The third-order valence-electron chi connectivity index (χ3n) is 2.07. The summed E-state index contributed by atoms with van der Waals surface area (Å²) in [6.07, 6.45) is 0. The maximum atomic E-state index is 11.3. The van der Waals surface area contributed by atoms with Crippen LogP contribution in [0.4, 0.5) is 0 Å². The lowest BCUT2D eigenvalue weighted by Crippen LogP contribution is -2.33. The molecular weight excluding hydrogens is 174 g/mol. The summed E-state index contributed by atoms with van der Waals surface area (Å²) in [5, 5.41) is 17.6. The average Bonchev–Trinajstić information content (AvgIpc) is 2.29. The fourth-order valence-electron chi connectivity index (χ4n) is 1.28. The van der Waals surface area contributed by atoms with Gasteiger partial charge in [0.2, 0.25) is 0 Å². The third-order valence-corrected chi connectivity index (χ3v) is 2.07. The molecule has 1 unspecified atom stereocenters. The number of nitro groups is 1. The molecular formula is C7H11N3O3. The lowest BCUT2D eigenvalue weighted by atomic mass is 10.2. The summed E-state index contributed by atoms with van der Waals surface area (Å²) in [6, 6.07) is -1.23. The first-order valence-corrected chi connectivity index (χ1v) is 3.98. The normalized spacial score (nSPS) is 23.0. The maximum absolute atomic E-state index is 11.3. The topological polar surface area (TPSA) is 87.3 Å². The van der Waals surface area contributed by atoms with Gasteiger partial charge in [0.05, 0.1) is 6.54 Å². The van der Waals surface area contributed by atoms with Gasteiger partial charge in [-0.15, -0.1) is 0 Å². The van der Waals surface area contributed by atoms with Gasteiger partial charge in [0.1, 0.15) is 0 Å². The second kappa shape index (κ2) is 3.12. The Hall–Kier alpha value is -1.46. The zero-order valence-electron chi connectivity index (χ0n) is 7.48. The Bertz CT molecular complexity index is 274. The van der Waals surface area contributed by atoms with Crippen molar-refractivity contribution in [3.8, 4) is 0 Å². The van der Waals surface area contributed by atoms with Crippen LogP contribution in [0.5, 0.6) is 0 Å². The van der Waals surface area contributed by atoms with Crippen LogP contribution in [0.15, 0.2) is 0 Å². The van der Waals surface area contributed by atoms with E-state index >= 15 is 0 Å². The minimum atomic E-state index is -1.14. The van der Waals surface area contributed by atoms with E-state index in [0.717, 1.165) is 0 Å². The summed E-state index contributed by atoms with van der Waals surface area (Å²) in [5.41, 5.74) is -0.404. The molecule has 0 aromatic carbocycles. The molecule has 1 heterocycles. The van der Waals surface area contributed by atoms with Crippen LogP contribution < -0.4 is 0 Å². The molecule has 1 amide bonds. The van der Waals surface area contributed by atoms with Gasteiger partial charge < -0.3 is 4.90 Å². The first-order chi connectivity index (χ1) is 5.95. The fraction of sp³-hybridized carbons (Fsp3) is 0.714. The SMILES string of the molecule is CC(C)N1CC([N+](=O)[O-])C(=N)C1=O. The van der Waals surface area contributed by atoms with E-state index in [4.69, 9.17) is 5.41 Å². The van der Waals surface area contributed by atoms with Crippen molar-refractivity contribution in [2.45, 2.75) is 25.9 Å². The summed E-state index contributed by atoms with van der Waals surface area (Å²) >= 11 is 0. The van der Waals surface area contributed by atoms with E-state index in [9.17, 15) is 14.9 Å². The number of carbonyl (C=O) groups is 1. The highest BCUT2D eigenvalue weighted by molar-refractivity contribution is 6.41. The highest BCUT2D eigenvalue weighted by atomic mass is 16.6. The molecule has 0 aliphatic carbocycles. The van der Waals surface area contributed by atoms with Crippen molar-refractivity contribution in [3.63, 3.8) is 0 Å². The molecule has 1 fully saturated rings. The molecule has 1 saturated heterocycles. The molecule has 0 aromatic rings. The average molecular weight is 185 g/mol. The van der Waals surface area contributed by atoms with E-state index in [-0.39, 0.29) is 12.6 Å². The minimum Gasteiger partial charge on any atom is -0.328 e.